The Hall–Kier alpha value is -1.94. The number of benzene rings is 1. The molecule has 0 atom stereocenters. The van der Waals surface area contributed by atoms with Crippen molar-refractivity contribution in [3.05, 3.63) is 18.2 Å². The Bertz CT molecular complexity index is 795. The maximum Gasteiger partial charge on any atom is 0.321 e. The van der Waals surface area contributed by atoms with Gasteiger partial charge in [-0.15, -0.1) is 4.40 Å². The lowest BCUT2D eigenvalue weighted by Crippen LogP contribution is -2.18. The predicted molar refractivity (Wildman–Crippen MR) is 69.8 cm³/mol. The van der Waals surface area contributed by atoms with E-state index in [9.17, 15) is 21.6 Å². The van der Waals surface area contributed by atoms with Crippen molar-refractivity contribution in [3.8, 4) is 0 Å². The second kappa shape index (κ2) is 4.87. The van der Waals surface area contributed by atoms with Gasteiger partial charge in [-0.2, -0.15) is 8.42 Å². The molecule has 0 fully saturated rings. The molecule has 1 N–H and O–H groups in total. The Morgan fingerprint density at radius 1 is 1.40 bits per heavy atom. The van der Waals surface area contributed by atoms with Gasteiger partial charge in [-0.05, 0) is 18.2 Å². The highest BCUT2D eigenvalue weighted by Gasteiger charge is 2.26. The highest BCUT2D eigenvalue weighted by molar-refractivity contribution is 7.92. The van der Waals surface area contributed by atoms with Crippen LogP contribution in [0.1, 0.15) is 0 Å². The Morgan fingerprint density at radius 2 is 2.10 bits per heavy atom. The number of rotatable bonds is 3. The first-order valence-electron chi connectivity index (χ1n) is 5.25. The number of carbonyl (C=O) groups excluding carboxylic acids is 1. The third kappa shape index (κ3) is 2.65. The molecule has 1 aliphatic heterocycles. The van der Waals surface area contributed by atoms with E-state index in [1.54, 1.807) is 0 Å². The van der Waals surface area contributed by atoms with Gasteiger partial charge in [0, 0.05) is 0 Å². The minimum Gasteiger partial charge on any atom is -0.468 e. The number of sulfone groups is 1. The Balaban J connectivity index is 2.50. The lowest BCUT2D eigenvalue weighted by Gasteiger charge is -2.13. The van der Waals surface area contributed by atoms with Crippen LogP contribution in [0.4, 0.5) is 5.69 Å². The molecule has 0 spiro atoms. The number of nitrogens with one attached hydrogen (secondary N) is 1. The molecule has 8 nitrogen and oxygen atoms in total. The average molecular weight is 318 g/mol. The number of ether oxygens (including phenoxy) is 1. The summed E-state index contributed by atoms with van der Waals surface area (Å²) < 4.78 is 54.8. The Kier molecular flexibility index (Phi) is 3.52. The van der Waals surface area contributed by atoms with Crippen molar-refractivity contribution >= 4 is 37.9 Å². The summed E-state index contributed by atoms with van der Waals surface area (Å²) in [6, 6.07) is 3.47. The van der Waals surface area contributed by atoms with Crippen molar-refractivity contribution < 1.29 is 26.4 Å². The second-order valence-electron chi connectivity index (χ2n) is 3.85. The molecule has 0 saturated carbocycles. The van der Waals surface area contributed by atoms with Crippen LogP contribution in [0.25, 0.3) is 0 Å². The second-order valence-corrected chi connectivity index (χ2v) is 7.44. The standard InChI is InChI=1S/C10H10N2O6S2/c1-18-10(13)5-19(14,15)7-2-3-8-9(4-7)20(16,17)12-6-11-8/h2-4,6H,5H2,1H3,(H,11,12). The topological polar surface area (TPSA) is 119 Å². The fourth-order valence-corrected chi connectivity index (χ4v) is 3.78. The van der Waals surface area contributed by atoms with Crippen molar-refractivity contribution in [2.45, 2.75) is 9.79 Å². The Labute approximate surface area is 115 Å². The number of carbonyl (C=O) groups is 1. The molecule has 1 aromatic rings. The zero-order valence-electron chi connectivity index (χ0n) is 10.2. The van der Waals surface area contributed by atoms with Crippen LogP contribution < -0.4 is 5.32 Å². The molecule has 108 valence electrons. The number of hydrogen-bond acceptors (Lipinski definition) is 7. The normalized spacial score (nSPS) is 16.1. The number of fused-ring (bicyclic) bond motifs is 1. The lowest BCUT2D eigenvalue weighted by atomic mass is 10.3. The summed E-state index contributed by atoms with van der Waals surface area (Å²) >= 11 is 0. The third-order valence-electron chi connectivity index (χ3n) is 2.54. The zero-order valence-corrected chi connectivity index (χ0v) is 11.9. The SMILES string of the molecule is COC(=O)CS(=O)(=O)c1ccc2c(c1)S(=O)(=O)N=CN2. The van der Waals surface area contributed by atoms with E-state index in [1.165, 1.54) is 12.1 Å². The molecule has 1 heterocycles. The van der Waals surface area contributed by atoms with Gasteiger partial charge < -0.3 is 10.1 Å². The minimum absolute atomic E-state index is 0.219. The van der Waals surface area contributed by atoms with Crippen LogP contribution in [-0.2, 0) is 29.4 Å². The zero-order chi connectivity index (χ0) is 15.0. The van der Waals surface area contributed by atoms with Gasteiger partial charge in [0.15, 0.2) is 15.6 Å². The molecular formula is C10H10N2O6S2. The van der Waals surface area contributed by atoms with Crippen molar-refractivity contribution in [2.75, 3.05) is 18.2 Å². The van der Waals surface area contributed by atoms with Crippen molar-refractivity contribution in [1.29, 1.82) is 0 Å². The van der Waals surface area contributed by atoms with Gasteiger partial charge in [-0.1, -0.05) is 0 Å². The molecule has 0 aliphatic carbocycles. The van der Waals surface area contributed by atoms with Gasteiger partial charge in [0.2, 0.25) is 0 Å². The molecule has 0 radical (unpaired) electrons. The smallest absolute Gasteiger partial charge is 0.321 e. The van der Waals surface area contributed by atoms with Crippen molar-refractivity contribution in [3.63, 3.8) is 0 Å². The van der Waals surface area contributed by atoms with Gasteiger partial charge in [0.25, 0.3) is 10.0 Å². The van der Waals surface area contributed by atoms with Crippen LogP contribution in [0.15, 0.2) is 32.4 Å². The number of nitrogens with zero attached hydrogens (tertiary/aromatic N) is 1. The first-order chi connectivity index (χ1) is 9.26. The van der Waals surface area contributed by atoms with Gasteiger partial charge in [0.05, 0.1) is 17.7 Å². The maximum atomic E-state index is 11.9. The van der Waals surface area contributed by atoms with E-state index in [0.717, 1.165) is 19.5 Å². The van der Waals surface area contributed by atoms with Crippen LogP contribution in [-0.4, -0.2) is 42.0 Å². The molecule has 0 unspecified atom stereocenters. The molecule has 1 aliphatic rings. The number of sulfonamides is 1. The van der Waals surface area contributed by atoms with Gasteiger partial charge >= 0.3 is 5.97 Å². The summed E-state index contributed by atoms with van der Waals surface area (Å²) in [6.07, 6.45) is 1.00. The summed E-state index contributed by atoms with van der Waals surface area (Å²) in [4.78, 5) is 10.5. The van der Waals surface area contributed by atoms with Gasteiger partial charge in [-0.3, -0.25) is 4.79 Å². The number of methoxy groups -OCH3 is 1. The van der Waals surface area contributed by atoms with Crippen LogP contribution in [0.2, 0.25) is 0 Å². The molecule has 0 amide bonds. The highest BCUT2D eigenvalue weighted by atomic mass is 32.2. The van der Waals surface area contributed by atoms with Gasteiger partial charge in [0.1, 0.15) is 11.2 Å². The molecule has 0 saturated heterocycles. The van der Waals surface area contributed by atoms with Crippen LogP contribution in [0, 0.1) is 0 Å². The summed E-state index contributed by atoms with van der Waals surface area (Å²) in [7, 11) is -6.84. The Morgan fingerprint density at radius 3 is 2.75 bits per heavy atom. The van der Waals surface area contributed by atoms with E-state index in [0.29, 0.717) is 0 Å². The molecule has 20 heavy (non-hydrogen) atoms. The maximum absolute atomic E-state index is 11.9. The van der Waals surface area contributed by atoms with E-state index in [2.05, 4.69) is 14.5 Å². The molecule has 2 rings (SSSR count). The summed E-state index contributed by atoms with van der Waals surface area (Å²) in [5.74, 6) is -1.79. The summed E-state index contributed by atoms with van der Waals surface area (Å²) in [6.45, 7) is 0. The number of hydrogen-bond donors (Lipinski definition) is 1. The highest BCUT2D eigenvalue weighted by Crippen LogP contribution is 2.28. The van der Waals surface area contributed by atoms with E-state index in [1.807, 2.05) is 0 Å². The quantitative estimate of drug-likeness (QED) is 0.765. The molecule has 0 aromatic heterocycles. The van der Waals surface area contributed by atoms with Gasteiger partial charge in [-0.25, -0.2) is 8.42 Å². The summed E-state index contributed by atoms with van der Waals surface area (Å²) in [5, 5.41) is 2.59. The first kappa shape index (κ1) is 14.5. The summed E-state index contributed by atoms with van der Waals surface area (Å²) in [5.41, 5.74) is 0.219. The number of anilines is 1. The first-order valence-corrected chi connectivity index (χ1v) is 8.34. The monoisotopic (exact) mass is 318 g/mol. The van der Waals surface area contributed by atoms with Crippen LogP contribution in [0.5, 0.6) is 0 Å². The van der Waals surface area contributed by atoms with E-state index < -0.39 is 31.6 Å². The third-order valence-corrected chi connectivity index (χ3v) is 5.40. The predicted octanol–water partition coefficient (Wildman–Crippen LogP) is -0.224. The van der Waals surface area contributed by atoms with Crippen LogP contribution in [0.3, 0.4) is 0 Å². The van der Waals surface area contributed by atoms with E-state index in [-0.39, 0.29) is 15.5 Å². The largest absolute Gasteiger partial charge is 0.468 e. The van der Waals surface area contributed by atoms with Crippen molar-refractivity contribution in [2.24, 2.45) is 4.40 Å². The lowest BCUT2D eigenvalue weighted by molar-refractivity contribution is -0.137. The van der Waals surface area contributed by atoms with E-state index >= 15 is 0 Å². The van der Waals surface area contributed by atoms with E-state index in [4.69, 9.17) is 0 Å². The fourth-order valence-electron chi connectivity index (χ4n) is 1.55. The number of esters is 1. The minimum atomic E-state index is -3.97. The fraction of sp³-hybridized carbons (Fsp3) is 0.200. The molecular weight excluding hydrogens is 308 g/mol. The van der Waals surface area contributed by atoms with Crippen LogP contribution >= 0.6 is 0 Å². The van der Waals surface area contributed by atoms with Crippen molar-refractivity contribution in [1.82, 2.24) is 0 Å². The molecule has 10 heteroatoms. The molecule has 1 aromatic carbocycles. The average Bonchev–Trinajstić information content (AvgIpc) is 2.37. The molecule has 0 bridgehead atoms.